The van der Waals surface area contributed by atoms with Crippen molar-refractivity contribution in [2.75, 3.05) is 6.61 Å². The molecule has 0 radical (unpaired) electrons. The summed E-state index contributed by atoms with van der Waals surface area (Å²) in [4.78, 5) is 40.0. The maximum absolute atomic E-state index is 13.5. The van der Waals surface area contributed by atoms with Crippen molar-refractivity contribution in [1.82, 2.24) is 9.66 Å². The number of rotatable bonds is 7. The van der Waals surface area contributed by atoms with E-state index in [9.17, 15) is 19.7 Å². The van der Waals surface area contributed by atoms with E-state index in [2.05, 4.69) is 21.0 Å². The average molecular weight is 564 g/mol. The van der Waals surface area contributed by atoms with Gasteiger partial charge in [0.15, 0.2) is 6.61 Å². The number of nitrogens with zero attached hydrogens (tertiary/aromatic N) is 4. The van der Waals surface area contributed by atoms with E-state index < -0.39 is 28.7 Å². The van der Waals surface area contributed by atoms with E-state index in [0.717, 1.165) is 38.2 Å². The SMILES string of the molecule is O=C(O)COc1c(C=Nn2c(C3CCCCC3)nc3ccc(Br)cc3c2=O)cc(Cl)cc1[N+](=O)[O-]. The fourth-order valence-electron chi connectivity index (χ4n) is 4.14. The highest BCUT2D eigenvalue weighted by atomic mass is 79.9. The Hall–Kier alpha value is -3.31. The van der Waals surface area contributed by atoms with E-state index in [1.54, 1.807) is 12.1 Å². The summed E-state index contributed by atoms with van der Waals surface area (Å²) in [6.45, 7) is -0.803. The van der Waals surface area contributed by atoms with Crippen molar-refractivity contribution in [3.63, 3.8) is 0 Å². The minimum atomic E-state index is -1.31. The van der Waals surface area contributed by atoms with Crippen LogP contribution in [-0.2, 0) is 4.79 Å². The lowest BCUT2D eigenvalue weighted by atomic mass is 9.88. The highest BCUT2D eigenvalue weighted by Crippen LogP contribution is 2.35. The molecule has 1 aliphatic rings. The van der Waals surface area contributed by atoms with Gasteiger partial charge >= 0.3 is 11.7 Å². The lowest BCUT2D eigenvalue weighted by molar-refractivity contribution is -0.385. The first-order chi connectivity index (χ1) is 16.7. The molecule has 1 aliphatic carbocycles. The number of benzene rings is 2. The van der Waals surface area contributed by atoms with E-state index >= 15 is 0 Å². The zero-order chi connectivity index (χ0) is 25.1. The molecule has 4 rings (SSSR count). The van der Waals surface area contributed by atoms with Crippen molar-refractivity contribution in [2.45, 2.75) is 38.0 Å². The van der Waals surface area contributed by atoms with Crippen LogP contribution in [0.4, 0.5) is 5.69 Å². The number of nitro benzene ring substituents is 1. The van der Waals surface area contributed by atoms with Gasteiger partial charge in [0.1, 0.15) is 5.82 Å². The minimum absolute atomic E-state index is 0.0260. The van der Waals surface area contributed by atoms with Crippen molar-refractivity contribution >= 4 is 56.3 Å². The molecule has 1 fully saturated rings. The number of carboxylic acid groups (broad SMARTS) is 1. The monoisotopic (exact) mass is 562 g/mol. The van der Waals surface area contributed by atoms with E-state index in [1.807, 2.05) is 6.07 Å². The average Bonchev–Trinajstić information content (AvgIpc) is 2.83. The van der Waals surface area contributed by atoms with E-state index in [0.29, 0.717) is 21.2 Å². The molecule has 0 amide bonds. The number of carbonyl (C=O) groups is 1. The van der Waals surface area contributed by atoms with E-state index in [4.69, 9.17) is 26.4 Å². The first kappa shape index (κ1) is 24.8. The Morgan fingerprint density at radius 3 is 2.74 bits per heavy atom. The molecule has 0 spiro atoms. The fourth-order valence-corrected chi connectivity index (χ4v) is 4.73. The van der Waals surface area contributed by atoms with Gasteiger partial charge in [0.05, 0.1) is 22.0 Å². The van der Waals surface area contributed by atoms with Crippen LogP contribution in [0.15, 0.2) is 44.7 Å². The maximum atomic E-state index is 13.5. The van der Waals surface area contributed by atoms with Crippen LogP contribution < -0.4 is 10.3 Å². The van der Waals surface area contributed by atoms with E-state index in [1.165, 1.54) is 17.0 Å². The quantitative estimate of drug-likeness (QED) is 0.239. The second kappa shape index (κ2) is 10.5. The Morgan fingerprint density at radius 1 is 1.31 bits per heavy atom. The highest BCUT2D eigenvalue weighted by Gasteiger charge is 2.24. The molecular weight excluding hydrogens is 544 g/mol. The molecule has 0 bridgehead atoms. The Balaban J connectivity index is 1.88. The van der Waals surface area contributed by atoms with Gasteiger partial charge < -0.3 is 9.84 Å². The predicted molar refractivity (Wildman–Crippen MR) is 134 cm³/mol. The number of hydrogen-bond donors (Lipinski definition) is 1. The van der Waals surface area contributed by atoms with Gasteiger partial charge in [-0.15, -0.1) is 0 Å². The topological polar surface area (TPSA) is 137 Å². The molecule has 2 aromatic carbocycles. The Morgan fingerprint density at radius 2 is 2.06 bits per heavy atom. The van der Waals surface area contributed by atoms with Crippen LogP contribution in [0.25, 0.3) is 10.9 Å². The van der Waals surface area contributed by atoms with Gasteiger partial charge in [0, 0.05) is 27.0 Å². The molecule has 0 atom stereocenters. The number of halogens is 2. The Kier molecular flexibility index (Phi) is 7.46. The summed E-state index contributed by atoms with van der Waals surface area (Å²) in [6, 6.07) is 7.65. The molecule has 0 saturated heterocycles. The zero-order valence-corrected chi connectivity index (χ0v) is 20.7. The van der Waals surface area contributed by atoms with Gasteiger partial charge in [-0.1, -0.05) is 46.8 Å². The summed E-state index contributed by atoms with van der Waals surface area (Å²) in [7, 11) is 0. The van der Waals surface area contributed by atoms with Crippen molar-refractivity contribution < 1.29 is 19.6 Å². The molecule has 182 valence electrons. The third-order valence-corrected chi connectivity index (χ3v) is 6.43. The first-order valence-electron chi connectivity index (χ1n) is 10.8. The van der Waals surface area contributed by atoms with Crippen LogP contribution in [0, 0.1) is 10.1 Å². The fraction of sp³-hybridized carbons (Fsp3) is 0.304. The van der Waals surface area contributed by atoms with Gasteiger partial charge in [-0.3, -0.25) is 14.9 Å². The smallest absolute Gasteiger partial charge is 0.341 e. The number of hydrogen-bond acceptors (Lipinski definition) is 7. The molecule has 1 aromatic heterocycles. The number of fused-ring (bicyclic) bond motifs is 1. The maximum Gasteiger partial charge on any atom is 0.341 e. The second-order valence-corrected chi connectivity index (χ2v) is 9.46. The van der Waals surface area contributed by atoms with Gasteiger partial charge in [0.2, 0.25) is 5.75 Å². The molecule has 0 aliphatic heterocycles. The van der Waals surface area contributed by atoms with Crippen molar-refractivity contribution in [3.05, 3.63) is 71.7 Å². The normalized spacial score (nSPS) is 14.5. The largest absolute Gasteiger partial charge is 0.479 e. The van der Waals surface area contributed by atoms with Crippen molar-refractivity contribution in [2.24, 2.45) is 5.10 Å². The number of carboxylic acids is 1. The zero-order valence-electron chi connectivity index (χ0n) is 18.3. The standard InChI is InChI=1S/C23H20BrClN4O6/c24-15-6-7-18-17(9-15)23(32)28(22(27-18)13-4-2-1-3-5-13)26-11-14-8-16(25)10-19(29(33)34)21(14)35-12-20(30)31/h6-11,13H,1-5,12H2,(H,30,31). The third-order valence-electron chi connectivity index (χ3n) is 5.72. The molecule has 35 heavy (non-hydrogen) atoms. The molecule has 10 nitrogen and oxygen atoms in total. The van der Waals surface area contributed by atoms with Gasteiger partial charge in [0.25, 0.3) is 5.56 Å². The summed E-state index contributed by atoms with van der Waals surface area (Å²) in [5, 5.41) is 25.3. The Bertz CT molecular complexity index is 1400. The van der Waals surface area contributed by atoms with E-state index in [-0.39, 0.29) is 22.3 Å². The highest BCUT2D eigenvalue weighted by molar-refractivity contribution is 9.10. The van der Waals surface area contributed by atoms with Crippen LogP contribution in [0.2, 0.25) is 5.02 Å². The first-order valence-corrected chi connectivity index (χ1v) is 12.0. The van der Waals surface area contributed by atoms with Crippen LogP contribution in [0.1, 0.15) is 49.4 Å². The molecule has 1 saturated carbocycles. The van der Waals surface area contributed by atoms with Gasteiger partial charge in [-0.2, -0.15) is 9.78 Å². The molecule has 12 heteroatoms. The van der Waals surface area contributed by atoms with Crippen molar-refractivity contribution in [3.8, 4) is 5.75 Å². The van der Waals surface area contributed by atoms with Crippen molar-refractivity contribution in [1.29, 1.82) is 0 Å². The lowest BCUT2D eigenvalue weighted by Crippen LogP contribution is -2.25. The second-order valence-electron chi connectivity index (χ2n) is 8.11. The Labute approximate surface area is 212 Å². The predicted octanol–water partition coefficient (Wildman–Crippen LogP) is 5.11. The summed E-state index contributed by atoms with van der Waals surface area (Å²) >= 11 is 9.44. The third kappa shape index (κ3) is 5.51. The van der Waals surface area contributed by atoms with Crippen LogP contribution >= 0.6 is 27.5 Å². The molecule has 3 aromatic rings. The summed E-state index contributed by atoms with van der Waals surface area (Å²) in [5.74, 6) is -1.09. The van der Waals surface area contributed by atoms with Crippen LogP contribution in [-0.4, -0.2) is 38.5 Å². The number of aliphatic carboxylic acids is 1. The number of ether oxygens (including phenoxy) is 1. The summed E-state index contributed by atoms with van der Waals surface area (Å²) in [6.07, 6.45) is 6.06. The van der Waals surface area contributed by atoms with Gasteiger partial charge in [-0.05, 0) is 37.1 Å². The molecule has 0 unspecified atom stereocenters. The number of nitro groups is 1. The van der Waals surface area contributed by atoms with Crippen LogP contribution in [0.5, 0.6) is 5.75 Å². The number of aromatic nitrogens is 2. The van der Waals surface area contributed by atoms with Gasteiger partial charge in [-0.25, -0.2) is 9.78 Å². The minimum Gasteiger partial charge on any atom is -0.479 e. The summed E-state index contributed by atoms with van der Waals surface area (Å²) in [5.41, 5.74) is -0.298. The molecule has 1 N–H and O–H groups in total. The van der Waals surface area contributed by atoms with Crippen LogP contribution in [0.3, 0.4) is 0 Å². The summed E-state index contributed by atoms with van der Waals surface area (Å²) < 4.78 is 7.11. The molecule has 1 heterocycles. The molecular formula is C23H20BrClN4O6. The lowest BCUT2D eigenvalue weighted by Gasteiger charge is -2.22.